The van der Waals surface area contributed by atoms with Crippen LogP contribution in [0.25, 0.3) is 17.6 Å². The number of nitrogens with two attached hydrogens (primary N) is 1. The maximum Gasteiger partial charge on any atom is 0.330 e. The molecule has 1 aliphatic rings. The summed E-state index contributed by atoms with van der Waals surface area (Å²) in [4.78, 5) is 58.4. The highest BCUT2D eigenvalue weighted by Gasteiger charge is 2.24. The summed E-state index contributed by atoms with van der Waals surface area (Å²) in [7, 11) is 1.76. The van der Waals surface area contributed by atoms with Crippen molar-refractivity contribution >= 4 is 41.4 Å². The van der Waals surface area contributed by atoms with Crippen molar-refractivity contribution in [2.75, 3.05) is 36.1 Å². The Morgan fingerprint density at radius 3 is 2.45 bits per heavy atom. The van der Waals surface area contributed by atoms with Crippen LogP contribution < -0.4 is 21.3 Å². The van der Waals surface area contributed by atoms with Crippen LogP contribution in [-0.2, 0) is 20.8 Å². The van der Waals surface area contributed by atoms with Crippen LogP contribution in [0.3, 0.4) is 0 Å². The Morgan fingerprint density at radius 1 is 1.02 bits per heavy atom. The van der Waals surface area contributed by atoms with E-state index in [4.69, 9.17) is 14.6 Å². The quantitative estimate of drug-likeness (QED) is 0.138. The molecule has 0 saturated carbocycles. The van der Waals surface area contributed by atoms with Gasteiger partial charge in [0, 0.05) is 20.1 Å². The van der Waals surface area contributed by atoms with E-state index in [0.717, 1.165) is 25.9 Å². The van der Waals surface area contributed by atoms with Crippen LogP contribution in [-0.4, -0.2) is 83.5 Å². The molecule has 1 saturated heterocycles. The molecule has 1 aliphatic heterocycles. The summed E-state index contributed by atoms with van der Waals surface area (Å²) in [5.74, 6) is 0.829. The Labute approximate surface area is 284 Å². The van der Waals surface area contributed by atoms with Gasteiger partial charge in [-0.15, -0.1) is 5.10 Å². The number of thioether (sulfide) groups is 1. The molecule has 2 amide bonds. The summed E-state index contributed by atoms with van der Waals surface area (Å²) in [6.07, 6.45) is 6.42. The zero-order chi connectivity index (χ0) is 34.8. The predicted molar refractivity (Wildman–Crippen MR) is 178 cm³/mol. The Balaban J connectivity index is 0.000000191. The van der Waals surface area contributed by atoms with Gasteiger partial charge in [-0.2, -0.15) is 19.6 Å². The fraction of sp³-hybridized carbons (Fsp3) is 0.323. The topological polar surface area (TPSA) is 233 Å². The molecule has 256 valence electrons. The number of piperidine rings is 1. The lowest BCUT2D eigenvalue weighted by Crippen LogP contribution is -2.34. The third-order valence-corrected chi connectivity index (χ3v) is 8.01. The number of nitrogens with one attached hydrogen (secondary N) is 2. The van der Waals surface area contributed by atoms with Gasteiger partial charge in [0.25, 0.3) is 11.8 Å². The summed E-state index contributed by atoms with van der Waals surface area (Å²) in [5.41, 5.74) is 6.06. The molecular weight excluding hydrogens is 654 g/mol. The number of aliphatic carboxylic acids is 1. The van der Waals surface area contributed by atoms with Gasteiger partial charge in [-0.25, -0.2) is 14.8 Å². The normalized spacial score (nSPS) is 13.2. The Morgan fingerprint density at radius 2 is 1.78 bits per heavy atom. The van der Waals surface area contributed by atoms with Crippen molar-refractivity contribution in [2.24, 2.45) is 5.73 Å². The van der Waals surface area contributed by atoms with Crippen molar-refractivity contribution in [2.45, 2.75) is 43.8 Å². The van der Waals surface area contributed by atoms with Crippen LogP contribution in [0.4, 0.5) is 11.9 Å². The number of carboxylic acids is 1. The summed E-state index contributed by atoms with van der Waals surface area (Å²) >= 11 is 1.17. The van der Waals surface area contributed by atoms with Crippen molar-refractivity contribution in [3.63, 3.8) is 0 Å². The number of oxazole rings is 1. The van der Waals surface area contributed by atoms with Crippen molar-refractivity contribution in [1.82, 2.24) is 40.0 Å². The molecule has 5 aromatic rings. The number of aromatic nitrogens is 7. The first-order valence-corrected chi connectivity index (χ1v) is 16.3. The molecule has 4 aromatic heterocycles. The van der Waals surface area contributed by atoms with Gasteiger partial charge in [0.1, 0.15) is 12.1 Å². The molecule has 6 rings (SSSR count). The minimum Gasteiger partial charge on any atom is -0.479 e. The number of carbonyl (C=O) groups excluding carboxylic acids is 2. The molecule has 49 heavy (non-hydrogen) atoms. The lowest BCUT2D eigenvalue weighted by atomic mass is 10.1. The van der Waals surface area contributed by atoms with Crippen molar-refractivity contribution in [3.05, 3.63) is 72.1 Å². The van der Waals surface area contributed by atoms with E-state index in [-0.39, 0.29) is 18.1 Å². The maximum atomic E-state index is 12.3. The monoisotopic (exact) mass is 689 g/mol. The number of hydrogen-bond acceptors (Lipinski definition) is 14. The minimum absolute atomic E-state index is 0.0906. The van der Waals surface area contributed by atoms with E-state index in [1.165, 1.54) is 35.5 Å². The van der Waals surface area contributed by atoms with Gasteiger partial charge >= 0.3 is 5.97 Å². The SMILES string of the molecule is CNc1nc(N2CCCCC2)nc(-n2cnc(SCC(N)=O)n2)n1.Cc1oc(-c2ccco2)nc1CC(=O)N[C@@H](C(=O)O)c1ccccc1. The second-order valence-corrected chi connectivity index (χ2v) is 11.7. The average Bonchev–Trinajstić information content (AvgIpc) is 3.89. The lowest BCUT2D eigenvalue weighted by Gasteiger charge is -2.26. The molecule has 0 radical (unpaired) electrons. The van der Waals surface area contributed by atoms with Crippen molar-refractivity contribution in [1.29, 1.82) is 0 Å². The Hall–Kier alpha value is -5.78. The first kappa shape index (κ1) is 34.6. The highest BCUT2D eigenvalue weighted by molar-refractivity contribution is 7.99. The first-order valence-electron chi connectivity index (χ1n) is 15.3. The van der Waals surface area contributed by atoms with Crippen LogP contribution in [0, 0.1) is 6.92 Å². The summed E-state index contributed by atoms with van der Waals surface area (Å²) in [6, 6.07) is 10.8. The van der Waals surface area contributed by atoms with Gasteiger partial charge in [-0.1, -0.05) is 42.1 Å². The highest BCUT2D eigenvalue weighted by Crippen LogP contribution is 2.23. The summed E-state index contributed by atoms with van der Waals surface area (Å²) in [5, 5.41) is 19.5. The van der Waals surface area contributed by atoms with Gasteiger partial charge in [-0.3, -0.25) is 9.59 Å². The second kappa shape index (κ2) is 16.4. The minimum atomic E-state index is -1.13. The standard InChI is InChI=1S/C18H16N2O5.C13H19N9OS/c1-11-13(19-17(25-11)14-8-5-9-24-14)10-15(21)20-16(18(22)23)12-6-3-2-4-7-12;1-15-10-17-11(21-5-3-2-4-6-21)19-12(18-10)22-8-16-13(20-22)24-7-9(14)23/h2-9,16H,10H2,1H3,(H,20,21)(H,22,23);8H,2-7H2,1H3,(H2,14,23)(H,15,17,18,19)/t16-;/m1./s1. The number of nitrogens with zero attached hydrogens (tertiary/aromatic N) is 8. The van der Waals surface area contributed by atoms with Crippen LogP contribution in [0.5, 0.6) is 0 Å². The Bertz CT molecular complexity index is 1860. The molecule has 0 bridgehead atoms. The number of hydrogen-bond donors (Lipinski definition) is 4. The van der Waals surface area contributed by atoms with E-state index in [1.54, 1.807) is 56.4 Å². The molecule has 0 aliphatic carbocycles. The first-order chi connectivity index (χ1) is 23.7. The van der Waals surface area contributed by atoms with Crippen LogP contribution in [0.2, 0.25) is 0 Å². The molecule has 18 heteroatoms. The van der Waals surface area contributed by atoms with Crippen LogP contribution in [0.1, 0.15) is 42.3 Å². The molecule has 5 N–H and O–H groups in total. The molecular formula is C31H35N11O6S. The van der Waals surface area contributed by atoms with Gasteiger partial charge in [0.15, 0.2) is 11.8 Å². The average molecular weight is 690 g/mol. The number of carbonyl (C=O) groups is 3. The number of primary amides is 1. The van der Waals surface area contributed by atoms with Gasteiger partial charge in [0.2, 0.25) is 28.9 Å². The van der Waals surface area contributed by atoms with Crippen molar-refractivity contribution in [3.8, 4) is 17.6 Å². The van der Waals surface area contributed by atoms with E-state index in [9.17, 15) is 19.5 Å². The van der Waals surface area contributed by atoms with E-state index in [1.807, 2.05) is 0 Å². The van der Waals surface area contributed by atoms with E-state index < -0.39 is 23.8 Å². The fourth-order valence-electron chi connectivity index (χ4n) is 4.74. The zero-order valence-electron chi connectivity index (χ0n) is 26.8. The third kappa shape index (κ3) is 9.40. The summed E-state index contributed by atoms with van der Waals surface area (Å²) < 4.78 is 12.2. The maximum absolute atomic E-state index is 12.3. The van der Waals surface area contributed by atoms with E-state index in [0.29, 0.717) is 45.8 Å². The lowest BCUT2D eigenvalue weighted by molar-refractivity contribution is -0.142. The fourth-order valence-corrected chi connectivity index (χ4v) is 5.28. The van der Waals surface area contributed by atoms with Gasteiger partial charge in [0.05, 0.1) is 24.1 Å². The molecule has 0 unspecified atom stereocenters. The van der Waals surface area contributed by atoms with Crippen molar-refractivity contribution < 1.29 is 28.3 Å². The number of anilines is 2. The second-order valence-electron chi connectivity index (χ2n) is 10.7. The number of furan rings is 1. The Kier molecular flexibility index (Phi) is 11.5. The highest BCUT2D eigenvalue weighted by atomic mass is 32.2. The molecule has 17 nitrogen and oxygen atoms in total. The molecule has 0 spiro atoms. The molecule has 1 atom stereocenters. The van der Waals surface area contributed by atoms with Gasteiger partial charge in [-0.05, 0) is 43.9 Å². The number of amides is 2. The van der Waals surface area contributed by atoms with Crippen LogP contribution in [0.15, 0.2) is 69.0 Å². The van der Waals surface area contributed by atoms with E-state index in [2.05, 4.69) is 45.6 Å². The third-order valence-electron chi connectivity index (χ3n) is 7.13. The van der Waals surface area contributed by atoms with Gasteiger partial charge < -0.3 is 35.2 Å². The van der Waals surface area contributed by atoms with E-state index >= 15 is 0 Å². The smallest absolute Gasteiger partial charge is 0.330 e. The number of aryl methyl sites for hydroxylation is 1. The molecule has 1 fully saturated rings. The largest absolute Gasteiger partial charge is 0.479 e. The van der Waals surface area contributed by atoms with Crippen LogP contribution >= 0.6 is 11.8 Å². The number of carboxylic acid groups (broad SMARTS) is 1. The number of rotatable bonds is 12. The molecule has 5 heterocycles. The number of benzene rings is 1. The zero-order valence-corrected chi connectivity index (χ0v) is 27.6. The summed E-state index contributed by atoms with van der Waals surface area (Å²) in [6.45, 7) is 3.56. The molecule has 1 aromatic carbocycles. The predicted octanol–water partition coefficient (Wildman–Crippen LogP) is 2.79.